The minimum absolute atomic E-state index is 0.152. The molecular weight excluding hydrogens is 290 g/mol. The van der Waals surface area contributed by atoms with Gasteiger partial charge in [-0.05, 0) is 5.92 Å². The van der Waals surface area contributed by atoms with Gasteiger partial charge in [0, 0.05) is 30.5 Å². The Morgan fingerprint density at radius 2 is 2.00 bits per heavy atom. The van der Waals surface area contributed by atoms with Crippen molar-refractivity contribution in [2.45, 2.75) is 44.9 Å². The Kier molecular flexibility index (Phi) is 7.01. The van der Waals surface area contributed by atoms with Crippen LogP contribution in [-0.4, -0.2) is 52.8 Å². The highest BCUT2D eigenvalue weighted by atomic mass is 32.2. The third kappa shape index (κ3) is 6.37. The maximum absolute atomic E-state index is 12.5. The van der Waals surface area contributed by atoms with Crippen molar-refractivity contribution in [3.8, 4) is 0 Å². The molecule has 1 aliphatic heterocycles. The minimum atomic E-state index is -0.843. The van der Waals surface area contributed by atoms with E-state index in [1.165, 1.54) is 0 Å². The second kappa shape index (κ2) is 8.26. The van der Waals surface area contributed by atoms with Crippen LogP contribution in [0.3, 0.4) is 0 Å². The van der Waals surface area contributed by atoms with Crippen LogP contribution in [0.1, 0.15) is 33.6 Å². The highest BCUT2D eigenvalue weighted by molar-refractivity contribution is 7.99. The van der Waals surface area contributed by atoms with Crippen LogP contribution in [0, 0.1) is 5.92 Å². The molecule has 1 heterocycles. The summed E-state index contributed by atoms with van der Waals surface area (Å²) in [7, 11) is 0. The van der Waals surface area contributed by atoms with E-state index < -0.39 is 11.9 Å². The number of hydrogen-bond acceptors (Lipinski definition) is 4. The molecule has 0 aromatic rings. The molecule has 21 heavy (non-hydrogen) atoms. The lowest BCUT2D eigenvalue weighted by atomic mass is 10.1. The van der Waals surface area contributed by atoms with Gasteiger partial charge in [-0.25, -0.2) is 0 Å². The smallest absolute Gasteiger partial charge is 0.245 e. The number of amides is 3. The van der Waals surface area contributed by atoms with Crippen molar-refractivity contribution in [1.82, 2.24) is 10.2 Å². The van der Waals surface area contributed by atoms with E-state index in [1.807, 2.05) is 25.6 Å². The SMILES string of the molecule is CC(C)CC(=O)NC(CC(N)=O)C(=O)N1CCSC(C)C1. The van der Waals surface area contributed by atoms with E-state index in [0.29, 0.717) is 24.8 Å². The first kappa shape index (κ1) is 17.8. The zero-order chi connectivity index (χ0) is 16.0. The maximum atomic E-state index is 12.5. The number of carbonyl (C=O) groups excluding carboxylic acids is 3. The zero-order valence-corrected chi connectivity index (χ0v) is 13.7. The molecule has 2 unspecified atom stereocenters. The molecule has 0 saturated carbocycles. The van der Waals surface area contributed by atoms with Crippen molar-refractivity contribution >= 4 is 29.5 Å². The maximum Gasteiger partial charge on any atom is 0.245 e. The minimum Gasteiger partial charge on any atom is -0.370 e. The van der Waals surface area contributed by atoms with Crippen LogP contribution in [0.2, 0.25) is 0 Å². The van der Waals surface area contributed by atoms with Crippen molar-refractivity contribution in [3.05, 3.63) is 0 Å². The van der Waals surface area contributed by atoms with Crippen molar-refractivity contribution in [1.29, 1.82) is 0 Å². The third-order valence-corrected chi connectivity index (χ3v) is 4.32. The van der Waals surface area contributed by atoms with E-state index in [-0.39, 0.29) is 24.2 Å². The van der Waals surface area contributed by atoms with Gasteiger partial charge in [0.25, 0.3) is 0 Å². The molecule has 1 rings (SSSR count). The molecule has 1 aliphatic rings. The molecule has 0 radical (unpaired) electrons. The van der Waals surface area contributed by atoms with Crippen molar-refractivity contribution < 1.29 is 14.4 Å². The fourth-order valence-electron chi connectivity index (χ4n) is 2.26. The third-order valence-electron chi connectivity index (χ3n) is 3.19. The number of primary amides is 1. The number of rotatable bonds is 6. The highest BCUT2D eigenvalue weighted by Gasteiger charge is 2.30. The molecule has 2 atom stereocenters. The fraction of sp³-hybridized carbons (Fsp3) is 0.786. The van der Waals surface area contributed by atoms with E-state index in [4.69, 9.17) is 5.73 Å². The lowest BCUT2D eigenvalue weighted by Crippen LogP contribution is -2.53. The molecule has 7 heteroatoms. The zero-order valence-electron chi connectivity index (χ0n) is 12.9. The summed E-state index contributed by atoms with van der Waals surface area (Å²) in [6.45, 7) is 7.19. The Labute approximate surface area is 130 Å². The second-order valence-corrected chi connectivity index (χ2v) is 7.40. The summed E-state index contributed by atoms with van der Waals surface area (Å²) in [5, 5.41) is 3.02. The molecule has 1 saturated heterocycles. The fourth-order valence-corrected chi connectivity index (χ4v) is 3.28. The molecule has 0 spiro atoms. The summed E-state index contributed by atoms with van der Waals surface area (Å²) in [5.41, 5.74) is 5.20. The van der Waals surface area contributed by atoms with Crippen LogP contribution in [0.5, 0.6) is 0 Å². The van der Waals surface area contributed by atoms with Gasteiger partial charge in [0.1, 0.15) is 6.04 Å². The highest BCUT2D eigenvalue weighted by Crippen LogP contribution is 2.18. The number of hydrogen-bond donors (Lipinski definition) is 2. The van der Waals surface area contributed by atoms with Crippen molar-refractivity contribution in [2.75, 3.05) is 18.8 Å². The Morgan fingerprint density at radius 1 is 1.33 bits per heavy atom. The van der Waals surface area contributed by atoms with Crippen LogP contribution in [0.25, 0.3) is 0 Å². The van der Waals surface area contributed by atoms with Gasteiger partial charge in [-0.3, -0.25) is 14.4 Å². The first-order valence-corrected chi connectivity index (χ1v) is 8.32. The Bertz CT molecular complexity index is 401. The van der Waals surface area contributed by atoms with Crippen LogP contribution in [0.4, 0.5) is 0 Å². The van der Waals surface area contributed by atoms with Gasteiger partial charge in [0.05, 0.1) is 6.42 Å². The Hall–Kier alpha value is -1.24. The number of nitrogens with zero attached hydrogens (tertiary/aromatic N) is 1. The molecule has 0 bridgehead atoms. The number of carbonyl (C=O) groups is 3. The predicted molar refractivity (Wildman–Crippen MR) is 83.7 cm³/mol. The van der Waals surface area contributed by atoms with Gasteiger partial charge >= 0.3 is 0 Å². The molecule has 0 aromatic carbocycles. The number of nitrogens with two attached hydrogens (primary N) is 1. The van der Waals surface area contributed by atoms with E-state index in [1.54, 1.807) is 4.90 Å². The standard InChI is InChI=1S/C14H25N3O3S/c1-9(2)6-13(19)16-11(7-12(15)18)14(20)17-4-5-21-10(3)8-17/h9-11H,4-8H2,1-3H3,(H2,15,18)(H,16,19). The summed E-state index contributed by atoms with van der Waals surface area (Å²) in [4.78, 5) is 37.2. The van der Waals surface area contributed by atoms with E-state index in [2.05, 4.69) is 12.2 Å². The largest absolute Gasteiger partial charge is 0.370 e. The first-order chi connectivity index (χ1) is 9.79. The first-order valence-electron chi connectivity index (χ1n) is 7.27. The topological polar surface area (TPSA) is 92.5 Å². The quantitative estimate of drug-likeness (QED) is 0.740. The molecule has 3 amide bonds. The summed E-state index contributed by atoms with van der Waals surface area (Å²) in [5.74, 6) is 0.0521. The van der Waals surface area contributed by atoms with Gasteiger partial charge in [0.15, 0.2) is 0 Å². The average molecular weight is 315 g/mol. The van der Waals surface area contributed by atoms with Gasteiger partial charge < -0.3 is 16.0 Å². The number of thioether (sulfide) groups is 1. The lowest BCUT2D eigenvalue weighted by Gasteiger charge is -2.33. The van der Waals surface area contributed by atoms with Gasteiger partial charge in [-0.2, -0.15) is 11.8 Å². The van der Waals surface area contributed by atoms with Crippen molar-refractivity contribution in [2.24, 2.45) is 11.7 Å². The van der Waals surface area contributed by atoms with E-state index in [0.717, 1.165) is 5.75 Å². The molecule has 0 aliphatic carbocycles. The predicted octanol–water partition coefficient (Wildman–Crippen LogP) is 0.357. The van der Waals surface area contributed by atoms with Crippen LogP contribution in [0.15, 0.2) is 0 Å². The van der Waals surface area contributed by atoms with Gasteiger partial charge in [-0.1, -0.05) is 20.8 Å². The summed E-state index contributed by atoms with van der Waals surface area (Å²) in [6, 6.07) is -0.843. The summed E-state index contributed by atoms with van der Waals surface area (Å²) >= 11 is 1.81. The van der Waals surface area contributed by atoms with Crippen LogP contribution < -0.4 is 11.1 Å². The molecule has 120 valence electrons. The summed E-state index contributed by atoms with van der Waals surface area (Å²) in [6.07, 6.45) is 0.176. The molecule has 1 fully saturated rings. The molecular formula is C14H25N3O3S. The number of nitrogens with one attached hydrogen (secondary N) is 1. The van der Waals surface area contributed by atoms with E-state index >= 15 is 0 Å². The van der Waals surface area contributed by atoms with Gasteiger partial charge in [0.2, 0.25) is 17.7 Å². The average Bonchev–Trinajstić information content (AvgIpc) is 2.35. The monoisotopic (exact) mass is 315 g/mol. The van der Waals surface area contributed by atoms with Gasteiger partial charge in [-0.15, -0.1) is 0 Å². The van der Waals surface area contributed by atoms with Crippen molar-refractivity contribution in [3.63, 3.8) is 0 Å². The van der Waals surface area contributed by atoms with E-state index in [9.17, 15) is 14.4 Å². The molecule has 3 N–H and O–H groups in total. The van der Waals surface area contributed by atoms with Crippen LogP contribution >= 0.6 is 11.8 Å². The second-order valence-electron chi connectivity index (χ2n) is 5.85. The summed E-state index contributed by atoms with van der Waals surface area (Å²) < 4.78 is 0. The lowest BCUT2D eigenvalue weighted by molar-refractivity contribution is -0.138. The normalized spacial score (nSPS) is 20.2. The molecule has 0 aromatic heterocycles. The Balaban J connectivity index is 2.69. The molecule has 6 nitrogen and oxygen atoms in total. The van der Waals surface area contributed by atoms with Crippen LogP contribution in [-0.2, 0) is 14.4 Å². The Morgan fingerprint density at radius 3 is 2.52 bits per heavy atom.